The summed E-state index contributed by atoms with van der Waals surface area (Å²) in [5.41, 5.74) is 1.35. The fourth-order valence-electron chi connectivity index (χ4n) is 3.59. The van der Waals surface area contributed by atoms with Crippen molar-refractivity contribution in [3.8, 4) is 5.75 Å². The Kier molecular flexibility index (Phi) is 7.87. The molecule has 4 aromatic rings. The minimum absolute atomic E-state index is 0.180. The number of rotatable bonds is 6. The van der Waals surface area contributed by atoms with E-state index in [2.05, 4.69) is 37.0 Å². The van der Waals surface area contributed by atoms with Crippen LogP contribution in [0, 0.1) is 0 Å². The van der Waals surface area contributed by atoms with E-state index in [1.54, 1.807) is 36.4 Å². The first-order valence-electron chi connectivity index (χ1n) is 11.2. The summed E-state index contributed by atoms with van der Waals surface area (Å²) >= 11 is 13.2. The van der Waals surface area contributed by atoms with E-state index >= 15 is 0 Å². The lowest BCUT2D eigenvalue weighted by Gasteiger charge is -2.21. The lowest BCUT2D eigenvalue weighted by Crippen LogP contribution is -2.29. The van der Waals surface area contributed by atoms with Gasteiger partial charge in [-0.25, -0.2) is 9.78 Å². The fraction of sp³-hybridized carbons (Fsp3) is 0.185. The van der Waals surface area contributed by atoms with E-state index in [1.165, 1.54) is 23.0 Å². The first-order chi connectivity index (χ1) is 17.4. The van der Waals surface area contributed by atoms with Gasteiger partial charge in [-0.2, -0.15) is 9.78 Å². The first-order valence-corrected chi connectivity index (χ1v) is 13.1. The van der Waals surface area contributed by atoms with Crippen molar-refractivity contribution in [3.63, 3.8) is 0 Å². The van der Waals surface area contributed by atoms with Crippen molar-refractivity contribution in [2.75, 3.05) is 0 Å². The van der Waals surface area contributed by atoms with Crippen molar-refractivity contribution in [2.45, 2.75) is 32.8 Å². The summed E-state index contributed by atoms with van der Waals surface area (Å²) in [6, 6.07) is 15.2. The molecule has 0 aliphatic rings. The smallest absolute Gasteiger partial charge is 0.335 e. The Balaban J connectivity index is 1.75. The van der Waals surface area contributed by atoms with Crippen LogP contribution in [0.3, 0.4) is 0 Å². The average molecular weight is 648 g/mol. The number of hydrogen-bond acceptors (Lipinski definition) is 5. The molecule has 0 fully saturated rings. The van der Waals surface area contributed by atoms with Crippen LogP contribution in [0.1, 0.15) is 48.1 Å². The molecule has 4 rings (SSSR count). The average Bonchev–Trinajstić information content (AvgIpc) is 2.82. The van der Waals surface area contributed by atoms with Gasteiger partial charge in [0.1, 0.15) is 18.2 Å². The number of carbonyl (C=O) groups is 1. The Morgan fingerprint density at radius 1 is 1.14 bits per heavy atom. The molecule has 10 heteroatoms. The maximum absolute atomic E-state index is 13.5. The van der Waals surface area contributed by atoms with E-state index in [4.69, 9.17) is 26.4 Å². The number of halogens is 3. The normalized spacial score (nSPS) is 11.8. The fourth-order valence-corrected chi connectivity index (χ4v) is 4.90. The SMILES string of the molecule is CC(C)(C)c1nc2ccc(Br)cc2c(=O)n1N=Cc1cc(Cl)cc(Br)c1OCc1ccc(C(=O)O)cc1. The van der Waals surface area contributed by atoms with Crippen LogP contribution in [-0.4, -0.2) is 27.0 Å². The minimum atomic E-state index is -0.994. The van der Waals surface area contributed by atoms with Crippen LogP contribution in [0.4, 0.5) is 0 Å². The number of aromatic nitrogens is 2. The number of carboxylic acid groups (broad SMARTS) is 1. The summed E-state index contributed by atoms with van der Waals surface area (Å²) in [6.07, 6.45) is 1.52. The second-order valence-electron chi connectivity index (χ2n) is 9.31. The molecule has 1 N–H and O–H groups in total. The molecular formula is C27H22Br2ClN3O4. The monoisotopic (exact) mass is 645 g/mol. The third-order valence-corrected chi connectivity index (χ3v) is 6.71. The highest BCUT2D eigenvalue weighted by atomic mass is 79.9. The molecule has 0 bridgehead atoms. The zero-order chi connectivity index (χ0) is 26.9. The van der Waals surface area contributed by atoms with Crippen LogP contribution >= 0.6 is 43.5 Å². The molecule has 0 saturated heterocycles. The van der Waals surface area contributed by atoms with E-state index in [1.807, 2.05) is 26.8 Å². The molecule has 0 saturated carbocycles. The third-order valence-electron chi connectivity index (χ3n) is 5.41. The molecular weight excluding hydrogens is 626 g/mol. The Morgan fingerprint density at radius 3 is 2.49 bits per heavy atom. The second-order valence-corrected chi connectivity index (χ2v) is 11.5. The molecule has 37 heavy (non-hydrogen) atoms. The van der Waals surface area contributed by atoms with Crippen LogP contribution in [0.5, 0.6) is 5.75 Å². The molecule has 0 amide bonds. The summed E-state index contributed by atoms with van der Waals surface area (Å²) < 4.78 is 8.73. The van der Waals surface area contributed by atoms with Gasteiger partial charge in [-0.1, -0.05) is 60.4 Å². The van der Waals surface area contributed by atoms with Crippen LogP contribution < -0.4 is 10.3 Å². The highest BCUT2D eigenvalue weighted by molar-refractivity contribution is 9.10. The van der Waals surface area contributed by atoms with E-state index in [0.29, 0.717) is 37.5 Å². The van der Waals surface area contributed by atoms with Gasteiger partial charge >= 0.3 is 5.97 Å². The van der Waals surface area contributed by atoms with E-state index in [0.717, 1.165) is 10.0 Å². The number of fused-ring (bicyclic) bond motifs is 1. The minimum Gasteiger partial charge on any atom is -0.487 e. The van der Waals surface area contributed by atoms with E-state index in [-0.39, 0.29) is 17.7 Å². The number of ether oxygens (including phenoxy) is 1. The topological polar surface area (TPSA) is 93.8 Å². The van der Waals surface area contributed by atoms with Gasteiger partial charge in [-0.15, -0.1) is 0 Å². The zero-order valence-electron chi connectivity index (χ0n) is 20.1. The van der Waals surface area contributed by atoms with Gasteiger partial charge in [0.05, 0.1) is 27.2 Å². The van der Waals surface area contributed by atoms with Gasteiger partial charge in [-0.3, -0.25) is 4.79 Å². The number of carboxylic acids is 1. The number of benzene rings is 3. The lowest BCUT2D eigenvalue weighted by atomic mass is 9.95. The Labute approximate surface area is 235 Å². The first kappa shape index (κ1) is 27.0. The van der Waals surface area contributed by atoms with Crippen LogP contribution in [0.15, 0.2) is 73.4 Å². The van der Waals surface area contributed by atoms with Gasteiger partial charge in [0.2, 0.25) is 0 Å². The zero-order valence-corrected chi connectivity index (χ0v) is 24.1. The van der Waals surface area contributed by atoms with Crippen molar-refractivity contribution in [1.82, 2.24) is 9.66 Å². The lowest BCUT2D eigenvalue weighted by molar-refractivity contribution is 0.0697. The molecule has 1 heterocycles. The Bertz CT molecular complexity index is 1590. The molecule has 0 unspecified atom stereocenters. The van der Waals surface area contributed by atoms with Gasteiger partial charge in [-0.05, 0) is 64.0 Å². The van der Waals surface area contributed by atoms with Gasteiger partial charge in [0, 0.05) is 20.5 Å². The van der Waals surface area contributed by atoms with Crippen LogP contribution in [0.25, 0.3) is 10.9 Å². The summed E-state index contributed by atoms with van der Waals surface area (Å²) in [7, 11) is 0. The largest absolute Gasteiger partial charge is 0.487 e. The van der Waals surface area contributed by atoms with Crippen molar-refractivity contribution in [3.05, 3.63) is 101 Å². The quantitative estimate of drug-likeness (QED) is 0.227. The van der Waals surface area contributed by atoms with E-state index in [9.17, 15) is 9.59 Å². The highest BCUT2D eigenvalue weighted by Gasteiger charge is 2.23. The Hall–Kier alpha value is -3.01. The molecule has 0 spiro atoms. The Morgan fingerprint density at radius 2 is 1.84 bits per heavy atom. The van der Waals surface area contributed by atoms with Gasteiger partial charge in [0.15, 0.2) is 0 Å². The van der Waals surface area contributed by atoms with Crippen molar-refractivity contribution in [1.29, 1.82) is 0 Å². The molecule has 0 aliphatic carbocycles. The predicted molar refractivity (Wildman–Crippen MR) is 152 cm³/mol. The standard InChI is InChI=1S/C27H22Br2ClN3O4/c1-27(2,3)26-32-22-9-8-18(28)11-20(22)24(34)33(26)31-13-17-10-19(30)12-21(29)23(17)37-14-15-4-6-16(7-5-15)25(35)36/h4-13H,14H2,1-3H3,(H,35,36). The molecule has 0 atom stereocenters. The van der Waals surface area contributed by atoms with Gasteiger partial charge in [0.25, 0.3) is 5.56 Å². The third kappa shape index (κ3) is 6.11. The second kappa shape index (κ2) is 10.8. The summed E-state index contributed by atoms with van der Waals surface area (Å²) in [4.78, 5) is 29.3. The summed E-state index contributed by atoms with van der Waals surface area (Å²) in [6.45, 7) is 6.07. The molecule has 3 aromatic carbocycles. The molecule has 190 valence electrons. The number of nitrogens with zero attached hydrogens (tertiary/aromatic N) is 3. The maximum atomic E-state index is 13.5. The number of aromatic carboxylic acids is 1. The van der Waals surface area contributed by atoms with Crippen LogP contribution in [-0.2, 0) is 12.0 Å². The van der Waals surface area contributed by atoms with Crippen molar-refractivity contribution >= 4 is 66.5 Å². The highest BCUT2D eigenvalue weighted by Crippen LogP contribution is 2.33. The molecule has 0 aliphatic heterocycles. The summed E-state index contributed by atoms with van der Waals surface area (Å²) in [5, 5.41) is 14.5. The van der Waals surface area contributed by atoms with Gasteiger partial charge < -0.3 is 9.84 Å². The number of hydrogen-bond donors (Lipinski definition) is 1. The predicted octanol–water partition coefficient (Wildman–Crippen LogP) is 7.03. The maximum Gasteiger partial charge on any atom is 0.335 e. The molecule has 0 radical (unpaired) electrons. The van der Waals surface area contributed by atoms with Crippen molar-refractivity contribution in [2.24, 2.45) is 5.10 Å². The van der Waals surface area contributed by atoms with Crippen molar-refractivity contribution < 1.29 is 14.6 Å². The van der Waals surface area contributed by atoms with E-state index < -0.39 is 11.4 Å². The molecule has 7 nitrogen and oxygen atoms in total. The molecule has 1 aromatic heterocycles. The summed E-state index contributed by atoms with van der Waals surface area (Å²) in [5.74, 6) is -0.0187. The van der Waals surface area contributed by atoms with Crippen LogP contribution in [0.2, 0.25) is 5.02 Å².